The third-order valence-corrected chi connectivity index (χ3v) is 5.29. The number of ether oxygens (including phenoxy) is 1. The normalized spacial score (nSPS) is 12.3. The maximum Gasteiger partial charge on any atom is 0.252 e. The van der Waals surface area contributed by atoms with Crippen LogP contribution >= 0.6 is 22.9 Å². The summed E-state index contributed by atoms with van der Waals surface area (Å²) in [6, 6.07) is 0. The number of halogens is 1. The molecule has 1 N–H and O–H groups in total. The van der Waals surface area contributed by atoms with Gasteiger partial charge < -0.3 is 4.74 Å². The van der Waals surface area contributed by atoms with E-state index in [0.717, 1.165) is 11.3 Å². The monoisotopic (exact) mass is 312 g/mol. The van der Waals surface area contributed by atoms with Gasteiger partial charge in [0, 0.05) is 13.2 Å². The van der Waals surface area contributed by atoms with E-state index in [0.29, 0.717) is 24.8 Å². The number of aryl methyl sites for hydroxylation is 1. The van der Waals surface area contributed by atoms with Gasteiger partial charge in [0.05, 0.1) is 12.3 Å². The quantitative estimate of drug-likeness (QED) is 0.782. The van der Waals surface area contributed by atoms with Crippen LogP contribution in [-0.4, -0.2) is 33.2 Å². The van der Waals surface area contributed by atoms with Gasteiger partial charge in [-0.2, -0.15) is 0 Å². The maximum atomic E-state index is 11.9. The van der Waals surface area contributed by atoms with Gasteiger partial charge in [-0.15, -0.1) is 0 Å². The lowest BCUT2D eigenvalue weighted by Gasteiger charge is -2.08. The van der Waals surface area contributed by atoms with Gasteiger partial charge in [0.15, 0.2) is 8.68 Å². The van der Waals surface area contributed by atoms with E-state index in [1.54, 1.807) is 6.92 Å². The first-order chi connectivity index (χ1) is 8.33. The summed E-state index contributed by atoms with van der Waals surface area (Å²) in [5.41, 5.74) is 0.417. The molecule has 0 aliphatic carbocycles. The van der Waals surface area contributed by atoms with Crippen LogP contribution in [0.4, 0.5) is 0 Å². The molecule has 0 unspecified atom stereocenters. The molecule has 0 aromatic carbocycles. The van der Waals surface area contributed by atoms with Crippen molar-refractivity contribution >= 4 is 33.0 Å². The smallest absolute Gasteiger partial charge is 0.252 e. The number of hydrogen-bond donors (Lipinski definition) is 1. The van der Waals surface area contributed by atoms with E-state index in [2.05, 4.69) is 9.71 Å². The van der Waals surface area contributed by atoms with Gasteiger partial charge in [-0.25, -0.2) is 18.1 Å². The van der Waals surface area contributed by atoms with E-state index >= 15 is 0 Å². The highest BCUT2D eigenvalue weighted by Gasteiger charge is 2.20. The molecule has 0 radical (unpaired) electrons. The highest BCUT2D eigenvalue weighted by atomic mass is 35.5. The van der Waals surface area contributed by atoms with E-state index in [4.69, 9.17) is 16.3 Å². The summed E-state index contributed by atoms with van der Waals surface area (Å²) >= 11 is 6.63. The Morgan fingerprint density at radius 1 is 1.50 bits per heavy atom. The van der Waals surface area contributed by atoms with Crippen molar-refractivity contribution in [2.24, 2.45) is 5.92 Å². The molecule has 0 aliphatic rings. The second kappa shape index (κ2) is 6.81. The van der Waals surface area contributed by atoms with Gasteiger partial charge >= 0.3 is 0 Å². The minimum atomic E-state index is -3.53. The summed E-state index contributed by atoms with van der Waals surface area (Å²) in [6.07, 6.45) is 0. The zero-order chi connectivity index (χ0) is 13.8. The number of hydrogen-bond acceptors (Lipinski definition) is 5. The summed E-state index contributed by atoms with van der Waals surface area (Å²) in [7, 11) is -3.53. The average molecular weight is 313 g/mol. The van der Waals surface area contributed by atoms with Gasteiger partial charge in [-0.05, 0) is 12.8 Å². The standard InChI is InChI=1S/C10H17ClN2O3S2/c1-7(2)6-16-5-4-12-18(14,15)9-8(3)13-10(11)17-9/h7,12H,4-6H2,1-3H3. The molecule has 1 rings (SSSR count). The second-order valence-electron chi connectivity index (χ2n) is 4.21. The molecule has 8 heteroatoms. The van der Waals surface area contributed by atoms with Crippen molar-refractivity contribution < 1.29 is 13.2 Å². The highest BCUT2D eigenvalue weighted by molar-refractivity contribution is 7.91. The number of sulfonamides is 1. The van der Waals surface area contributed by atoms with Crippen molar-refractivity contribution in [3.63, 3.8) is 0 Å². The fourth-order valence-electron chi connectivity index (χ4n) is 1.23. The number of aromatic nitrogens is 1. The lowest BCUT2D eigenvalue weighted by Crippen LogP contribution is -2.27. The lowest BCUT2D eigenvalue weighted by molar-refractivity contribution is 0.114. The second-order valence-corrected chi connectivity index (χ2v) is 7.75. The molecule has 0 bridgehead atoms. The summed E-state index contributed by atoms with van der Waals surface area (Å²) in [5, 5.41) is 0. The first kappa shape index (κ1) is 15.8. The Hall–Kier alpha value is -0.210. The summed E-state index contributed by atoms with van der Waals surface area (Å²) in [4.78, 5) is 3.88. The Balaban J connectivity index is 2.48. The molecule has 1 aromatic heterocycles. The zero-order valence-electron chi connectivity index (χ0n) is 10.6. The van der Waals surface area contributed by atoms with Gasteiger partial charge in [0.2, 0.25) is 0 Å². The van der Waals surface area contributed by atoms with Crippen LogP contribution < -0.4 is 4.72 Å². The van der Waals surface area contributed by atoms with Gasteiger partial charge in [0.1, 0.15) is 0 Å². The van der Waals surface area contributed by atoms with Crippen molar-refractivity contribution in [2.45, 2.75) is 25.0 Å². The highest BCUT2D eigenvalue weighted by Crippen LogP contribution is 2.26. The molecule has 0 atom stereocenters. The summed E-state index contributed by atoms with van der Waals surface area (Å²) in [5.74, 6) is 0.434. The van der Waals surface area contributed by atoms with Crippen LogP contribution in [0, 0.1) is 12.8 Å². The largest absolute Gasteiger partial charge is 0.380 e. The van der Waals surface area contributed by atoms with Crippen LogP contribution in [0.3, 0.4) is 0 Å². The number of nitrogens with zero attached hydrogens (tertiary/aromatic N) is 1. The van der Waals surface area contributed by atoms with Crippen LogP contribution in [0.15, 0.2) is 4.21 Å². The molecule has 104 valence electrons. The van der Waals surface area contributed by atoms with Gasteiger partial charge in [-0.1, -0.05) is 36.8 Å². The molecule has 18 heavy (non-hydrogen) atoms. The molecule has 0 amide bonds. The molecule has 0 aliphatic heterocycles. The maximum absolute atomic E-state index is 11.9. The summed E-state index contributed by atoms with van der Waals surface area (Å²) < 4.78 is 32.0. The molecule has 5 nitrogen and oxygen atoms in total. The molecule has 0 saturated carbocycles. The molecule has 0 spiro atoms. The number of thiazole rings is 1. The number of rotatable bonds is 7. The van der Waals surface area contributed by atoms with Crippen molar-refractivity contribution in [3.05, 3.63) is 10.2 Å². The van der Waals surface area contributed by atoms with Crippen molar-refractivity contribution in [2.75, 3.05) is 19.8 Å². The lowest BCUT2D eigenvalue weighted by atomic mass is 10.2. The molecule has 1 heterocycles. The molecule has 1 aromatic rings. The fraction of sp³-hybridized carbons (Fsp3) is 0.700. The van der Waals surface area contributed by atoms with Gasteiger partial charge in [0.25, 0.3) is 10.0 Å². The minimum absolute atomic E-state index is 0.163. The van der Waals surface area contributed by atoms with Crippen LogP contribution in [0.5, 0.6) is 0 Å². The fourth-order valence-corrected chi connectivity index (χ4v) is 4.03. The zero-order valence-corrected chi connectivity index (χ0v) is 13.0. The van der Waals surface area contributed by atoms with Crippen LogP contribution in [0.25, 0.3) is 0 Å². The Bertz CT molecular complexity index is 485. The first-order valence-electron chi connectivity index (χ1n) is 5.53. The SMILES string of the molecule is Cc1nc(Cl)sc1S(=O)(=O)NCCOCC(C)C. The van der Waals surface area contributed by atoms with Crippen LogP contribution in [0.2, 0.25) is 4.47 Å². The first-order valence-corrected chi connectivity index (χ1v) is 8.21. The van der Waals surface area contributed by atoms with E-state index < -0.39 is 10.0 Å². The van der Waals surface area contributed by atoms with Crippen molar-refractivity contribution in [1.82, 2.24) is 9.71 Å². The van der Waals surface area contributed by atoms with Crippen LogP contribution in [-0.2, 0) is 14.8 Å². The Kier molecular flexibility index (Phi) is 6.00. The van der Waals surface area contributed by atoms with E-state index in [1.807, 2.05) is 13.8 Å². The van der Waals surface area contributed by atoms with E-state index in [9.17, 15) is 8.42 Å². The Morgan fingerprint density at radius 2 is 2.17 bits per heavy atom. The number of nitrogens with one attached hydrogen (secondary N) is 1. The predicted molar refractivity (Wildman–Crippen MR) is 72.7 cm³/mol. The topological polar surface area (TPSA) is 68.3 Å². The van der Waals surface area contributed by atoms with Crippen molar-refractivity contribution in [1.29, 1.82) is 0 Å². The van der Waals surface area contributed by atoms with E-state index in [1.165, 1.54) is 0 Å². The molecular formula is C10H17ClN2O3S2. The molecular weight excluding hydrogens is 296 g/mol. The summed E-state index contributed by atoms with van der Waals surface area (Å²) in [6.45, 7) is 6.89. The van der Waals surface area contributed by atoms with Crippen molar-refractivity contribution in [3.8, 4) is 0 Å². The molecule has 0 saturated heterocycles. The predicted octanol–water partition coefficient (Wildman–Crippen LogP) is 2.06. The van der Waals surface area contributed by atoms with E-state index in [-0.39, 0.29) is 15.2 Å². The third-order valence-electron chi connectivity index (χ3n) is 1.96. The third kappa shape index (κ3) is 4.81. The average Bonchev–Trinajstić information content (AvgIpc) is 2.57. The van der Waals surface area contributed by atoms with Gasteiger partial charge in [-0.3, -0.25) is 0 Å². The minimum Gasteiger partial charge on any atom is -0.380 e. The Morgan fingerprint density at radius 3 is 2.67 bits per heavy atom. The molecule has 0 fully saturated rings. The van der Waals surface area contributed by atoms with Crippen LogP contribution in [0.1, 0.15) is 19.5 Å². The Labute approximate surface area is 117 Å².